The van der Waals surface area contributed by atoms with E-state index in [1.165, 1.54) is 0 Å². The van der Waals surface area contributed by atoms with Crippen LogP contribution in [-0.4, -0.2) is 31.0 Å². The molecule has 1 saturated carbocycles. The SMILES string of the molecule is O=C(O)C1(C2CCS(=O)(=O)C2)CCCC1. The average molecular weight is 232 g/mol. The molecule has 1 atom stereocenters. The van der Waals surface area contributed by atoms with Crippen LogP contribution in [0.4, 0.5) is 0 Å². The standard InChI is InChI=1S/C10H16O4S/c11-9(12)10(4-1-2-5-10)8-3-6-15(13,14)7-8/h8H,1-7H2,(H,11,12). The summed E-state index contributed by atoms with van der Waals surface area (Å²) in [6.45, 7) is 0. The molecule has 0 spiro atoms. The van der Waals surface area contributed by atoms with E-state index in [9.17, 15) is 18.3 Å². The van der Waals surface area contributed by atoms with E-state index in [1.807, 2.05) is 0 Å². The second-order valence-electron chi connectivity index (χ2n) is 4.77. The molecular formula is C10H16O4S. The van der Waals surface area contributed by atoms with Crippen LogP contribution in [0.3, 0.4) is 0 Å². The maximum atomic E-state index is 11.4. The van der Waals surface area contributed by atoms with Crippen molar-refractivity contribution in [2.24, 2.45) is 11.3 Å². The summed E-state index contributed by atoms with van der Waals surface area (Å²) in [6, 6.07) is 0. The van der Waals surface area contributed by atoms with E-state index in [0.717, 1.165) is 12.8 Å². The zero-order chi connectivity index (χ0) is 11.1. The summed E-state index contributed by atoms with van der Waals surface area (Å²) in [6.07, 6.45) is 3.69. The lowest BCUT2D eigenvalue weighted by molar-refractivity contribution is -0.151. The minimum atomic E-state index is -2.97. The van der Waals surface area contributed by atoms with E-state index in [2.05, 4.69) is 0 Å². The van der Waals surface area contributed by atoms with Crippen molar-refractivity contribution in [3.05, 3.63) is 0 Å². The first-order valence-corrected chi connectivity index (χ1v) is 7.22. The number of carboxylic acid groups (broad SMARTS) is 1. The first-order chi connectivity index (χ1) is 6.96. The largest absolute Gasteiger partial charge is 0.481 e. The predicted octanol–water partition coefficient (Wildman–Crippen LogP) is 1.07. The first kappa shape index (κ1) is 10.9. The van der Waals surface area contributed by atoms with Gasteiger partial charge < -0.3 is 5.11 Å². The Bertz CT molecular complexity index is 365. The Morgan fingerprint density at radius 1 is 1.27 bits per heavy atom. The molecule has 1 heterocycles. The normalized spacial score (nSPS) is 32.9. The van der Waals surface area contributed by atoms with Gasteiger partial charge in [-0.15, -0.1) is 0 Å². The molecule has 2 fully saturated rings. The lowest BCUT2D eigenvalue weighted by Crippen LogP contribution is -2.36. The molecule has 1 N–H and O–H groups in total. The number of carboxylic acids is 1. The third-order valence-electron chi connectivity index (χ3n) is 3.94. The smallest absolute Gasteiger partial charge is 0.309 e. The fourth-order valence-corrected chi connectivity index (χ4v) is 4.94. The van der Waals surface area contributed by atoms with Gasteiger partial charge >= 0.3 is 5.97 Å². The van der Waals surface area contributed by atoms with E-state index in [4.69, 9.17) is 0 Å². The summed E-state index contributed by atoms with van der Waals surface area (Å²) in [7, 11) is -2.97. The van der Waals surface area contributed by atoms with Crippen molar-refractivity contribution in [2.75, 3.05) is 11.5 Å². The van der Waals surface area contributed by atoms with Crippen LogP contribution >= 0.6 is 0 Å². The highest BCUT2D eigenvalue weighted by atomic mass is 32.2. The molecule has 0 aromatic carbocycles. The van der Waals surface area contributed by atoms with E-state index >= 15 is 0 Å². The Hall–Kier alpha value is -0.580. The van der Waals surface area contributed by atoms with E-state index in [0.29, 0.717) is 19.3 Å². The molecule has 0 radical (unpaired) electrons. The van der Waals surface area contributed by atoms with Crippen LogP contribution in [0.25, 0.3) is 0 Å². The van der Waals surface area contributed by atoms with E-state index < -0.39 is 21.2 Å². The van der Waals surface area contributed by atoms with Crippen LogP contribution in [0.15, 0.2) is 0 Å². The molecule has 5 heteroatoms. The quantitative estimate of drug-likeness (QED) is 0.773. The Labute approximate surface area is 89.6 Å². The number of aliphatic carboxylic acids is 1. The summed E-state index contributed by atoms with van der Waals surface area (Å²) in [5.74, 6) is -0.684. The maximum Gasteiger partial charge on any atom is 0.309 e. The fourth-order valence-electron chi connectivity index (χ4n) is 3.03. The Morgan fingerprint density at radius 3 is 2.27 bits per heavy atom. The first-order valence-electron chi connectivity index (χ1n) is 5.40. The topological polar surface area (TPSA) is 71.4 Å². The molecule has 1 saturated heterocycles. The number of hydrogen-bond donors (Lipinski definition) is 1. The predicted molar refractivity (Wildman–Crippen MR) is 55.3 cm³/mol. The van der Waals surface area contributed by atoms with Crippen molar-refractivity contribution in [1.82, 2.24) is 0 Å². The van der Waals surface area contributed by atoms with Gasteiger partial charge in [-0.2, -0.15) is 0 Å². The lowest BCUT2D eigenvalue weighted by atomic mass is 9.73. The molecule has 1 unspecified atom stereocenters. The molecule has 2 aliphatic rings. The molecular weight excluding hydrogens is 216 g/mol. The van der Waals surface area contributed by atoms with Crippen LogP contribution in [0.5, 0.6) is 0 Å². The van der Waals surface area contributed by atoms with Crippen LogP contribution in [0.1, 0.15) is 32.1 Å². The lowest BCUT2D eigenvalue weighted by Gasteiger charge is -2.29. The summed E-state index contributed by atoms with van der Waals surface area (Å²) < 4.78 is 22.7. The second kappa shape index (κ2) is 3.47. The van der Waals surface area contributed by atoms with Crippen LogP contribution in [-0.2, 0) is 14.6 Å². The van der Waals surface area contributed by atoms with Crippen molar-refractivity contribution < 1.29 is 18.3 Å². The Morgan fingerprint density at radius 2 is 1.87 bits per heavy atom. The van der Waals surface area contributed by atoms with Gasteiger partial charge in [-0.1, -0.05) is 12.8 Å². The highest BCUT2D eigenvalue weighted by Gasteiger charge is 2.51. The van der Waals surface area contributed by atoms with Crippen LogP contribution < -0.4 is 0 Å². The summed E-state index contributed by atoms with van der Waals surface area (Å²) >= 11 is 0. The third-order valence-corrected chi connectivity index (χ3v) is 5.70. The van der Waals surface area contributed by atoms with Gasteiger partial charge in [0.1, 0.15) is 0 Å². The van der Waals surface area contributed by atoms with Gasteiger partial charge in [0.15, 0.2) is 9.84 Å². The van der Waals surface area contributed by atoms with Crippen molar-refractivity contribution in [3.8, 4) is 0 Å². The molecule has 1 aliphatic carbocycles. The molecule has 86 valence electrons. The van der Waals surface area contributed by atoms with Crippen molar-refractivity contribution in [2.45, 2.75) is 32.1 Å². The van der Waals surface area contributed by atoms with Gasteiger partial charge in [-0.3, -0.25) is 4.79 Å². The molecule has 1 aliphatic heterocycles. The highest BCUT2D eigenvalue weighted by Crippen LogP contribution is 2.48. The number of carbonyl (C=O) groups is 1. The Kier molecular flexibility index (Phi) is 2.53. The molecule has 0 aromatic heterocycles. The third kappa shape index (κ3) is 1.77. The average Bonchev–Trinajstić information content (AvgIpc) is 2.71. The van der Waals surface area contributed by atoms with Crippen molar-refractivity contribution >= 4 is 15.8 Å². The number of sulfone groups is 1. The fraction of sp³-hybridized carbons (Fsp3) is 0.900. The number of hydrogen-bond acceptors (Lipinski definition) is 3. The Balaban J connectivity index is 2.24. The number of rotatable bonds is 2. The maximum absolute atomic E-state index is 11.4. The molecule has 0 amide bonds. The summed E-state index contributed by atoms with van der Waals surface area (Å²) in [4.78, 5) is 11.3. The highest BCUT2D eigenvalue weighted by molar-refractivity contribution is 7.91. The van der Waals surface area contributed by atoms with Crippen molar-refractivity contribution in [3.63, 3.8) is 0 Å². The van der Waals surface area contributed by atoms with Gasteiger partial charge in [0.05, 0.1) is 16.9 Å². The minimum Gasteiger partial charge on any atom is -0.481 e. The van der Waals surface area contributed by atoms with Gasteiger partial charge in [0.2, 0.25) is 0 Å². The van der Waals surface area contributed by atoms with E-state index in [1.54, 1.807) is 0 Å². The van der Waals surface area contributed by atoms with Crippen LogP contribution in [0.2, 0.25) is 0 Å². The molecule has 0 aromatic rings. The summed E-state index contributed by atoms with van der Waals surface area (Å²) in [5, 5.41) is 9.30. The zero-order valence-corrected chi connectivity index (χ0v) is 9.42. The van der Waals surface area contributed by atoms with Crippen LogP contribution in [0, 0.1) is 11.3 Å². The second-order valence-corrected chi connectivity index (χ2v) is 7.00. The van der Waals surface area contributed by atoms with E-state index in [-0.39, 0.29) is 17.4 Å². The zero-order valence-electron chi connectivity index (χ0n) is 8.61. The van der Waals surface area contributed by atoms with Gasteiger partial charge in [0.25, 0.3) is 0 Å². The van der Waals surface area contributed by atoms with Gasteiger partial charge in [0, 0.05) is 0 Å². The summed E-state index contributed by atoms with van der Waals surface area (Å²) in [5.41, 5.74) is -0.733. The van der Waals surface area contributed by atoms with Gasteiger partial charge in [-0.25, -0.2) is 8.42 Å². The molecule has 0 bridgehead atoms. The van der Waals surface area contributed by atoms with Crippen molar-refractivity contribution in [1.29, 1.82) is 0 Å². The molecule has 4 nitrogen and oxygen atoms in total. The molecule has 2 rings (SSSR count). The monoisotopic (exact) mass is 232 g/mol. The molecule has 15 heavy (non-hydrogen) atoms. The van der Waals surface area contributed by atoms with Gasteiger partial charge in [-0.05, 0) is 25.2 Å². The minimum absolute atomic E-state index is 0.0826.